The van der Waals surface area contributed by atoms with Gasteiger partial charge >= 0.3 is 0 Å². The van der Waals surface area contributed by atoms with E-state index in [2.05, 4.69) is 51.1 Å². The van der Waals surface area contributed by atoms with Crippen molar-refractivity contribution in [3.8, 4) is 0 Å². The number of rotatable bonds is 4. The van der Waals surface area contributed by atoms with Crippen LogP contribution >= 0.6 is 0 Å². The van der Waals surface area contributed by atoms with Crippen LogP contribution in [0.4, 0.5) is 5.69 Å². The molecule has 0 aliphatic heterocycles. The van der Waals surface area contributed by atoms with Crippen LogP contribution in [-0.4, -0.2) is 37.2 Å². The van der Waals surface area contributed by atoms with E-state index in [-0.39, 0.29) is 0 Å². The average Bonchev–Trinajstić information content (AvgIpc) is 2.31. The van der Waals surface area contributed by atoms with Crippen LogP contribution in [0.2, 0.25) is 0 Å². The molecule has 0 saturated heterocycles. The molecule has 0 heterocycles. The van der Waals surface area contributed by atoms with Gasteiger partial charge in [-0.2, -0.15) is 0 Å². The fraction of sp³-hybridized carbons (Fsp3) is 0.500. The smallest absolute Gasteiger partial charge is 0.215 e. The molecule has 0 aliphatic rings. The monoisotopic (exact) mass is 275 g/mol. The Kier molecular flexibility index (Phi) is 7.08. The van der Waals surface area contributed by atoms with Gasteiger partial charge in [-0.1, -0.05) is 18.2 Å². The molecule has 0 spiro atoms. The quantitative estimate of drug-likeness (QED) is 0.518. The molecule has 1 N–H and O–H groups in total. The maximum Gasteiger partial charge on any atom is 0.215 e. The highest BCUT2D eigenvalue weighted by molar-refractivity contribution is 7.79. The average molecular weight is 275 g/mol. The minimum atomic E-state index is -4.92. The predicted molar refractivity (Wildman–Crippen MR) is 72.2 cm³/mol. The summed E-state index contributed by atoms with van der Waals surface area (Å²) in [6, 6.07) is 10.8. The second-order valence-corrected chi connectivity index (χ2v) is 4.71. The summed E-state index contributed by atoms with van der Waals surface area (Å²) in [6.07, 6.45) is 0. The van der Waals surface area contributed by atoms with Gasteiger partial charge in [0.25, 0.3) is 0 Å². The SMILES string of the molecule is CC[N+](CC)(CC)c1ccccc1.O=S(=O)([O-])O. The van der Waals surface area contributed by atoms with Gasteiger partial charge in [0.15, 0.2) is 0 Å². The van der Waals surface area contributed by atoms with E-state index in [9.17, 15) is 0 Å². The highest BCUT2D eigenvalue weighted by Gasteiger charge is 2.23. The van der Waals surface area contributed by atoms with Crippen molar-refractivity contribution in [2.24, 2.45) is 0 Å². The molecule has 0 saturated carbocycles. The molecule has 1 aromatic carbocycles. The summed E-state index contributed by atoms with van der Waals surface area (Å²) in [5.41, 5.74) is 1.44. The van der Waals surface area contributed by atoms with Gasteiger partial charge in [-0.15, -0.1) is 0 Å². The van der Waals surface area contributed by atoms with E-state index < -0.39 is 10.4 Å². The first-order valence-electron chi connectivity index (χ1n) is 5.89. The third-order valence-electron chi connectivity index (χ3n) is 3.12. The first kappa shape index (κ1) is 17.1. The number of benzene rings is 1. The molecular formula is C12H21NO4S. The molecule has 0 fully saturated rings. The van der Waals surface area contributed by atoms with Crippen LogP contribution in [0.3, 0.4) is 0 Å². The van der Waals surface area contributed by atoms with Gasteiger partial charge in [-0.3, -0.25) is 9.04 Å². The van der Waals surface area contributed by atoms with Gasteiger partial charge in [0, 0.05) is 0 Å². The minimum Gasteiger partial charge on any atom is -0.726 e. The summed E-state index contributed by atoms with van der Waals surface area (Å²) in [4.78, 5) is 0. The zero-order chi connectivity index (χ0) is 14.2. The lowest BCUT2D eigenvalue weighted by Gasteiger charge is -2.35. The third-order valence-corrected chi connectivity index (χ3v) is 3.12. The molecule has 0 radical (unpaired) electrons. The van der Waals surface area contributed by atoms with Crippen LogP contribution in [0, 0.1) is 0 Å². The van der Waals surface area contributed by atoms with Crippen molar-refractivity contribution in [1.82, 2.24) is 4.48 Å². The standard InChI is InChI=1S/C12H20N.H2O4S/c1-4-13(5-2,6-3)12-10-8-7-9-11-12;1-5(2,3)4/h7-11H,4-6H2,1-3H3;(H2,1,2,3,4)/q+1;/p-1. The lowest BCUT2D eigenvalue weighted by Crippen LogP contribution is -2.48. The van der Waals surface area contributed by atoms with E-state index in [0.29, 0.717) is 0 Å². The molecule has 1 rings (SSSR count). The molecule has 0 bridgehead atoms. The summed E-state index contributed by atoms with van der Waals surface area (Å²) < 4.78 is 33.9. The number of quaternary nitrogens is 1. The Morgan fingerprint density at radius 2 is 1.39 bits per heavy atom. The van der Waals surface area contributed by atoms with Gasteiger partial charge in [-0.05, 0) is 32.9 Å². The molecule has 1 aromatic rings. The number of para-hydroxylation sites is 1. The first-order chi connectivity index (χ1) is 8.29. The van der Waals surface area contributed by atoms with Crippen LogP contribution in [0.1, 0.15) is 20.8 Å². The highest BCUT2D eigenvalue weighted by atomic mass is 32.3. The summed E-state index contributed by atoms with van der Waals surface area (Å²) >= 11 is 0. The zero-order valence-corrected chi connectivity index (χ0v) is 11.9. The fourth-order valence-electron chi connectivity index (χ4n) is 1.96. The molecule has 0 atom stereocenters. The molecule has 18 heavy (non-hydrogen) atoms. The van der Waals surface area contributed by atoms with Crippen molar-refractivity contribution in [1.29, 1.82) is 0 Å². The molecule has 0 unspecified atom stereocenters. The second kappa shape index (κ2) is 7.48. The first-order valence-corrected chi connectivity index (χ1v) is 7.25. The van der Waals surface area contributed by atoms with Crippen molar-refractivity contribution in [2.75, 3.05) is 19.6 Å². The summed E-state index contributed by atoms with van der Waals surface area (Å²) in [5, 5.41) is 0. The Morgan fingerprint density at radius 1 is 1.06 bits per heavy atom. The van der Waals surface area contributed by atoms with Crippen molar-refractivity contribution in [3.05, 3.63) is 30.3 Å². The van der Waals surface area contributed by atoms with Gasteiger partial charge in [0.1, 0.15) is 5.69 Å². The van der Waals surface area contributed by atoms with Gasteiger partial charge in [-0.25, -0.2) is 8.42 Å². The van der Waals surface area contributed by atoms with E-state index in [1.807, 2.05) is 0 Å². The third kappa shape index (κ3) is 6.11. The maximum absolute atomic E-state index is 8.63. The van der Waals surface area contributed by atoms with Crippen LogP contribution in [-0.2, 0) is 10.4 Å². The largest absolute Gasteiger partial charge is 0.726 e. The van der Waals surface area contributed by atoms with E-state index in [4.69, 9.17) is 17.5 Å². The Hall–Kier alpha value is -0.950. The molecule has 5 nitrogen and oxygen atoms in total. The Morgan fingerprint density at radius 3 is 1.67 bits per heavy atom. The summed E-state index contributed by atoms with van der Waals surface area (Å²) in [6.45, 7) is 10.3. The predicted octanol–water partition coefficient (Wildman–Crippen LogP) is 2.06. The highest BCUT2D eigenvalue weighted by Crippen LogP contribution is 2.21. The van der Waals surface area contributed by atoms with Gasteiger partial charge < -0.3 is 4.55 Å². The summed E-state index contributed by atoms with van der Waals surface area (Å²) in [5.74, 6) is 0. The number of hydrogen-bond donors (Lipinski definition) is 1. The van der Waals surface area contributed by atoms with E-state index in [1.165, 1.54) is 25.3 Å². The van der Waals surface area contributed by atoms with E-state index >= 15 is 0 Å². The van der Waals surface area contributed by atoms with Crippen LogP contribution in [0.5, 0.6) is 0 Å². The molecule has 6 heteroatoms. The molecule has 0 amide bonds. The topological polar surface area (TPSA) is 77.4 Å². The minimum absolute atomic E-state index is 1.10. The van der Waals surface area contributed by atoms with Crippen molar-refractivity contribution in [3.63, 3.8) is 0 Å². The van der Waals surface area contributed by atoms with Gasteiger partial charge in [0.05, 0.1) is 19.6 Å². The lowest BCUT2D eigenvalue weighted by molar-refractivity contribution is 0.316. The number of nitrogens with zero attached hydrogens (tertiary/aromatic N) is 1. The fourth-order valence-corrected chi connectivity index (χ4v) is 1.96. The van der Waals surface area contributed by atoms with E-state index in [0.717, 1.165) is 4.48 Å². The Labute approximate surface area is 109 Å². The molecule has 104 valence electrons. The van der Waals surface area contributed by atoms with Crippen molar-refractivity contribution in [2.45, 2.75) is 20.8 Å². The van der Waals surface area contributed by atoms with Crippen molar-refractivity contribution >= 4 is 16.1 Å². The molecule has 0 aromatic heterocycles. The van der Waals surface area contributed by atoms with Crippen LogP contribution in [0.25, 0.3) is 0 Å². The summed E-state index contributed by atoms with van der Waals surface area (Å²) in [7, 11) is -4.92. The van der Waals surface area contributed by atoms with Crippen molar-refractivity contribution < 1.29 is 17.5 Å². The second-order valence-electron chi connectivity index (χ2n) is 3.86. The lowest BCUT2D eigenvalue weighted by atomic mass is 10.2. The van der Waals surface area contributed by atoms with Crippen LogP contribution in [0.15, 0.2) is 30.3 Å². The molecular weight excluding hydrogens is 254 g/mol. The Balaban J connectivity index is 0.000000494. The maximum atomic E-state index is 8.63. The number of hydrogen-bond acceptors (Lipinski definition) is 3. The van der Waals surface area contributed by atoms with Gasteiger partial charge in [0.2, 0.25) is 10.4 Å². The Bertz CT molecular complexity index is 410. The zero-order valence-electron chi connectivity index (χ0n) is 11.0. The van der Waals surface area contributed by atoms with Crippen LogP contribution < -0.4 is 4.48 Å². The normalized spacial score (nSPS) is 11.6. The molecule has 0 aliphatic carbocycles. The van der Waals surface area contributed by atoms with E-state index in [1.54, 1.807) is 0 Å².